The van der Waals surface area contributed by atoms with Gasteiger partial charge in [-0.3, -0.25) is 0 Å². The first-order valence-electron chi connectivity index (χ1n) is 30.6. The van der Waals surface area contributed by atoms with E-state index >= 15 is 0 Å². The molecular weight excluding hydrogens is 949 g/mol. The van der Waals surface area contributed by atoms with Gasteiger partial charge in [-0.05, 0) is 71.1 Å². The molecule has 3 fully saturated rings. The van der Waals surface area contributed by atoms with E-state index < -0.39 is 73.6 Å². The molecule has 15 atom stereocenters. The van der Waals surface area contributed by atoms with Crippen LogP contribution in [0.3, 0.4) is 0 Å². The first-order chi connectivity index (χ1) is 36.3. The normalized spacial score (nSPS) is 30.6. The second-order valence-corrected chi connectivity index (χ2v) is 20.8. The van der Waals surface area contributed by atoms with Crippen LogP contribution in [0.25, 0.3) is 0 Å². The minimum atomic E-state index is -0.974. The van der Waals surface area contributed by atoms with Crippen LogP contribution in [-0.2, 0) is 71.1 Å². The Labute approximate surface area is 452 Å². The maximum Gasteiger partial charge on any atom is 0.187 e. The summed E-state index contributed by atoms with van der Waals surface area (Å²) in [7, 11) is 0. The summed E-state index contributed by atoms with van der Waals surface area (Å²) in [5.41, 5.74) is 0. The van der Waals surface area contributed by atoms with Gasteiger partial charge >= 0.3 is 0 Å². The smallest absolute Gasteiger partial charge is 0.187 e. The summed E-state index contributed by atoms with van der Waals surface area (Å²) in [5.74, 6) is 0. The third-order valence-corrected chi connectivity index (χ3v) is 14.1. The molecular formula is C59H114O15. The average Bonchev–Trinajstić information content (AvgIpc) is 3.40. The summed E-state index contributed by atoms with van der Waals surface area (Å²) in [5, 5.41) is 0. The summed E-state index contributed by atoms with van der Waals surface area (Å²) >= 11 is 0. The van der Waals surface area contributed by atoms with Crippen molar-refractivity contribution in [2.45, 2.75) is 297 Å². The van der Waals surface area contributed by atoms with E-state index in [-0.39, 0.29) is 24.9 Å². The summed E-state index contributed by atoms with van der Waals surface area (Å²) in [4.78, 5) is 0. The molecule has 0 saturated carbocycles. The average molecular weight is 1060 g/mol. The number of unbranched alkanes of at least 4 members (excludes halogenated alkanes) is 10. The van der Waals surface area contributed by atoms with Crippen LogP contribution in [0.2, 0.25) is 0 Å². The van der Waals surface area contributed by atoms with Crippen molar-refractivity contribution in [3.05, 3.63) is 0 Å². The van der Waals surface area contributed by atoms with Crippen molar-refractivity contribution in [3.63, 3.8) is 0 Å². The molecule has 440 valence electrons. The molecule has 3 heterocycles. The van der Waals surface area contributed by atoms with Gasteiger partial charge in [0.15, 0.2) is 12.6 Å². The fourth-order valence-electron chi connectivity index (χ4n) is 9.37. The largest absolute Gasteiger partial charge is 0.379 e. The van der Waals surface area contributed by atoms with E-state index in [0.29, 0.717) is 79.3 Å². The fraction of sp³-hybridized carbons (Fsp3) is 1.00. The highest BCUT2D eigenvalue weighted by molar-refractivity contribution is 4.99. The van der Waals surface area contributed by atoms with Crippen molar-refractivity contribution in [2.24, 2.45) is 0 Å². The molecule has 8 unspecified atom stereocenters. The lowest BCUT2D eigenvalue weighted by molar-refractivity contribution is -0.383. The van der Waals surface area contributed by atoms with Crippen LogP contribution in [0.1, 0.15) is 205 Å². The van der Waals surface area contributed by atoms with Gasteiger partial charge in [-0.1, -0.05) is 133 Å². The SMILES string of the molecule is CCCCOCC1O[C@H](OCC2O[C@H](C)C(OCCCC)[C@@H](OCCCC)[C@@H]2OCCCC)C(O[C@H]2OC(COCCCC)[C@@H](OCCCC)C(OCCCC)C2OCCCC)C(OCCCC)[C@@H]1OCCCC. The van der Waals surface area contributed by atoms with Gasteiger partial charge in [-0.25, -0.2) is 0 Å². The van der Waals surface area contributed by atoms with E-state index in [1.165, 1.54) is 0 Å². The van der Waals surface area contributed by atoms with Gasteiger partial charge in [0.25, 0.3) is 0 Å². The minimum absolute atomic E-state index is 0.124. The van der Waals surface area contributed by atoms with Gasteiger partial charge in [-0.15, -0.1) is 0 Å². The molecule has 15 heteroatoms. The number of rotatable bonds is 47. The highest BCUT2D eigenvalue weighted by atomic mass is 16.8. The van der Waals surface area contributed by atoms with E-state index in [9.17, 15) is 0 Å². The molecule has 0 amide bonds. The quantitative estimate of drug-likeness (QED) is 0.0534. The van der Waals surface area contributed by atoms with Gasteiger partial charge in [0.05, 0.1) is 25.9 Å². The standard InChI is InChI=1S/C59H114O15/c1-12-22-32-60-42-46-51(64-36-26-16-5)55(68-40-30-20-9)57(58(72-46)70-44-48-52(65-37-27-17-6)53(66-38-28-18-7)49(45(11)71-48)62-34-24-14-3)74-59-56(69-41-31-21-10)54(67-39-29-19-8)50(63-35-25-15-4)47(73-59)43-61-33-23-13-2/h45-59H,12-44H2,1-11H3/t45-,46?,47?,48?,49?,50-,51-,52-,53-,54?,55?,56?,57?,58+,59-/m1/s1. The van der Waals surface area contributed by atoms with Crippen molar-refractivity contribution < 1.29 is 71.1 Å². The second kappa shape index (κ2) is 43.2. The molecule has 3 rings (SSSR count). The Bertz CT molecular complexity index is 1270. The molecule has 3 saturated heterocycles. The lowest BCUT2D eigenvalue weighted by Gasteiger charge is -2.50. The predicted octanol–water partition coefficient (Wildman–Crippen LogP) is 11.7. The highest BCUT2D eigenvalue weighted by Gasteiger charge is 2.55. The van der Waals surface area contributed by atoms with Crippen LogP contribution in [-0.4, -0.2) is 178 Å². The number of ether oxygens (including phenoxy) is 15. The third-order valence-electron chi connectivity index (χ3n) is 14.1. The van der Waals surface area contributed by atoms with E-state index in [2.05, 4.69) is 76.2 Å². The van der Waals surface area contributed by atoms with E-state index in [1.807, 2.05) is 0 Å². The molecule has 0 aliphatic carbocycles. The van der Waals surface area contributed by atoms with Gasteiger partial charge < -0.3 is 71.1 Å². The van der Waals surface area contributed by atoms with Crippen LogP contribution in [0.4, 0.5) is 0 Å². The molecule has 0 N–H and O–H groups in total. The zero-order valence-corrected chi connectivity index (χ0v) is 49.1. The Morgan fingerprint density at radius 1 is 0.257 bits per heavy atom. The van der Waals surface area contributed by atoms with Gasteiger partial charge in [0.2, 0.25) is 0 Å². The van der Waals surface area contributed by atoms with Crippen molar-refractivity contribution in [1.82, 2.24) is 0 Å². The summed E-state index contributed by atoms with van der Waals surface area (Å²) in [6.45, 7) is 30.1. The Hall–Kier alpha value is -0.600. The Balaban J connectivity index is 2.23. The van der Waals surface area contributed by atoms with Gasteiger partial charge in [0, 0.05) is 66.1 Å². The minimum Gasteiger partial charge on any atom is -0.379 e. The van der Waals surface area contributed by atoms with E-state index in [0.717, 1.165) is 128 Å². The zero-order valence-electron chi connectivity index (χ0n) is 49.1. The summed E-state index contributed by atoms with van der Waals surface area (Å²) in [6.07, 6.45) is 10.5. The van der Waals surface area contributed by atoms with Crippen LogP contribution < -0.4 is 0 Å². The van der Waals surface area contributed by atoms with E-state index in [4.69, 9.17) is 71.1 Å². The molecule has 15 nitrogen and oxygen atoms in total. The van der Waals surface area contributed by atoms with E-state index in [1.54, 1.807) is 0 Å². The zero-order chi connectivity index (χ0) is 53.6. The molecule has 0 aromatic rings. The van der Waals surface area contributed by atoms with Crippen LogP contribution in [0, 0.1) is 0 Å². The first-order valence-corrected chi connectivity index (χ1v) is 30.6. The van der Waals surface area contributed by atoms with Crippen LogP contribution in [0.5, 0.6) is 0 Å². The Morgan fingerprint density at radius 3 is 0.919 bits per heavy atom. The monoisotopic (exact) mass is 1060 g/mol. The molecule has 0 spiro atoms. The van der Waals surface area contributed by atoms with Crippen molar-refractivity contribution >= 4 is 0 Å². The molecule has 74 heavy (non-hydrogen) atoms. The topological polar surface area (TPSA) is 138 Å². The van der Waals surface area contributed by atoms with Crippen molar-refractivity contribution in [2.75, 3.05) is 85.9 Å². The summed E-state index contributed by atoms with van der Waals surface area (Å²) in [6, 6.07) is 0. The molecule has 0 aromatic carbocycles. The molecule has 0 radical (unpaired) electrons. The molecule has 0 aromatic heterocycles. The molecule has 0 bridgehead atoms. The first kappa shape index (κ1) is 67.7. The summed E-state index contributed by atoms with van der Waals surface area (Å²) < 4.78 is 103. The van der Waals surface area contributed by atoms with Gasteiger partial charge in [-0.2, -0.15) is 0 Å². The lowest BCUT2D eigenvalue weighted by Crippen LogP contribution is -2.67. The maximum atomic E-state index is 7.50. The third kappa shape index (κ3) is 24.4. The Morgan fingerprint density at radius 2 is 0.541 bits per heavy atom. The predicted molar refractivity (Wildman–Crippen MR) is 291 cm³/mol. The highest BCUT2D eigenvalue weighted by Crippen LogP contribution is 2.37. The van der Waals surface area contributed by atoms with Gasteiger partial charge in [0.1, 0.15) is 73.2 Å². The Kier molecular flexibility index (Phi) is 39.5. The number of hydrogen-bond acceptors (Lipinski definition) is 15. The lowest BCUT2D eigenvalue weighted by atomic mass is 9.94. The van der Waals surface area contributed by atoms with Crippen LogP contribution in [0.15, 0.2) is 0 Å². The maximum absolute atomic E-state index is 7.50. The van der Waals surface area contributed by atoms with Crippen LogP contribution >= 0.6 is 0 Å². The number of hydrogen-bond donors (Lipinski definition) is 0. The molecule has 3 aliphatic heterocycles. The molecule has 3 aliphatic rings. The fourth-order valence-corrected chi connectivity index (χ4v) is 9.37. The second-order valence-electron chi connectivity index (χ2n) is 20.8. The van der Waals surface area contributed by atoms with Crippen molar-refractivity contribution in [3.8, 4) is 0 Å². The van der Waals surface area contributed by atoms with Crippen molar-refractivity contribution in [1.29, 1.82) is 0 Å².